The lowest BCUT2D eigenvalue weighted by Gasteiger charge is -2.15. The van der Waals surface area contributed by atoms with Crippen LogP contribution in [0.25, 0.3) is 0 Å². The van der Waals surface area contributed by atoms with Crippen LogP contribution in [0.4, 0.5) is 10.1 Å². The van der Waals surface area contributed by atoms with E-state index >= 15 is 0 Å². The third-order valence-corrected chi connectivity index (χ3v) is 3.17. The molecule has 0 fully saturated rings. The van der Waals surface area contributed by atoms with Crippen molar-refractivity contribution in [2.45, 2.75) is 19.4 Å². The van der Waals surface area contributed by atoms with E-state index in [4.69, 9.17) is 0 Å². The molecule has 0 saturated heterocycles. The van der Waals surface area contributed by atoms with E-state index in [1.54, 1.807) is 13.1 Å². The highest BCUT2D eigenvalue weighted by molar-refractivity contribution is 5.78. The lowest BCUT2D eigenvalue weighted by Crippen LogP contribution is -2.19. The molecule has 110 valence electrons. The molecule has 1 unspecified atom stereocenters. The number of aromatic nitrogens is 1. The monoisotopic (exact) mass is 287 g/mol. The Balaban J connectivity index is 1.99. The number of nitrogens with zero attached hydrogens (tertiary/aromatic N) is 1. The van der Waals surface area contributed by atoms with E-state index in [1.165, 1.54) is 12.3 Å². The van der Waals surface area contributed by atoms with Gasteiger partial charge in [-0.25, -0.2) is 4.39 Å². The summed E-state index contributed by atoms with van der Waals surface area (Å²) in [6.45, 7) is 1.96. The quantitative estimate of drug-likeness (QED) is 0.889. The van der Waals surface area contributed by atoms with Crippen LogP contribution in [0.5, 0.6) is 0 Å². The molecule has 0 bridgehead atoms. The molecule has 2 rings (SSSR count). The second kappa shape index (κ2) is 6.83. The molecule has 1 aromatic heterocycles. The average Bonchev–Trinajstić information content (AvgIpc) is 2.49. The summed E-state index contributed by atoms with van der Waals surface area (Å²) < 4.78 is 12.8. The maximum Gasteiger partial charge on any atom is 0.224 e. The van der Waals surface area contributed by atoms with Gasteiger partial charge in [-0.3, -0.25) is 9.78 Å². The number of hydrogen-bond donors (Lipinski definition) is 2. The molecule has 0 aliphatic heterocycles. The van der Waals surface area contributed by atoms with Crippen LogP contribution in [0.2, 0.25) is 0 Å². The van der Waals surface area contributed by atoms with E-state index < -0.39 is 0 Å². The van der Waals surface area contributed by atoms with Gasteiger partial charge < -0.3 is 10.6 Å². The molecule has 5 heteroatoms. The molecule has 1 heterocycles. The first-order valence-electron chi connectivity index (χ1n) is 6.76. The highest BCUT2D eigenvalue weighted by Crippen LogP contribution is 2.18. The van der Waals surface area contributed by atoms with Crippen molar-refractivity contribution in [3.05, 3.63) is 59.7 Å². The van der Waals surface area contributed by atoms with Crippen LogP contribution in [-0.4, -0.2) is 17.9 Å². The van der Waals surface area contributed by atoms with E-state index in [0.29, 0.717) is 6.42 Å². The minimum Gasteiger partial charge on any atom is -0.377 e. The minimum absolute atomic E-state index is 0.0143. The lowest BCUT2D eigenvalue weighted by atomic mass is 10.1. The van der Waals surface area contributed by atoms with E-state index in [1.807, 2.05) is 31.2 Å². The largest absolute Gasteiger partial charge is 0.377 e. The van der Waals surface area contributed by atoms with Crippen LogP contribution in [0.3, 0.4) is 0 Å². The molecular formula is C16H18FN3O. The third-order valence-electron chi connectivity index (χ3n) is 3.17. The summed E-state index contributed by atoms with van der Waals surface area (Å²) in [5.41, 5.74) is 2.65. The number of anilines is 1. The molecular weight excluding hydrogens is 269 g/mol. The first kappa shape index (κ1) is 15.0. The van der Waals surface area contributed by atoms with Gasteiger partial charge in [-0.05, 0) is 36.8 Å². The fourth-order valence-corrected chi connectivity index (χ4v) is 1.96. The zero-order valence-electron chi connectivity index (χ0n) is 12.1. The number of pyridine rings is 1. The van der Waals surface area contributed by atoms with Gasteiger partial charge in [0.2, 0.25) is 5.91 Å². The first-order chi connectivity index (χ1) is 10.1. The highest BCUT2D eigenvalue weighted by Gasteiger charge is 2.07. The van der Waals surface area contributed by atoms with E-state index in [0.717, 1.165) is 16.9 Å². The summed E-state index contributed by atoms with van der Waals surface area (Å²) in [6.07, 6.45) is 1.58. The van der Waals surface area contributed by atoms with Gasteiger partial charge in [0.1, 0.15) is 5.82 Å². The molecule has 0 radical (unpaired) electrons. The van der Waals surface area contributed by atoms with Crippen molar-refractivity contribution in [3.63, 3.8) is 0 Å². The second-order valence-corrected chi connectivity index (χ2v) is 4.81. The fraction of sp³-hybridized carbons (Fsp3) is 0.250. The van der Waals surface area contributed by atoms with Gasteiger partial charge in [-0.2, -0.15) is 0 Å². The number of rotatable bonds is 5. The maximum absolute atomic E-state index is 12.8. The van der Waals surface area contributed by atoms with Crippen molar-refractivity contribution in [2.24, 2.45) is 0 Å². The van der Waals surface area contributed by atoms with E-state index in [2.05, 4.69) is 15.6 Å². The number of hydrogen-bond acceptors (Lipinski definition) is 3. The molecule has 0 aliphatic carbocycles. The Kier molecular flexibility index (Phi) is 4.87. The molecule has 0 aliphatic rings. The Morgan fingerprint density at radius 1 is 1.24 bits per heavy atom. The van der Waals surface area contributed by atoms with Gasteiger partial charge in [-0.15, -0.1) is 0 Å². The van der Waals surface area contributed by atoms with Crippen LogP contribution in [0, 0.1) is 5.82 Å². The molecule has 0 spiro atoms. The summed E-state index contributed by atoms with van der Waals surface area (Å²) in [6, 6.07) is 10.7. The predicted octanol–water partition coefficient (Wildman–Crippen LogP) is 2.68. The van der Waals surface area contributed by atoms with Gasteiger partial charge in [0, 0.05) is 12.7 Å². The van der Waals surface area contributed by atoms with Crippen molar-refractivity contribution in [1.82, 2.24) is 10.3 Å². The van der Waals surface area contributed by atoms with Gasteiger partial charge in [0.25, 0.3) is 0 Å². The summed E-state index contributed by atoms with van der Waals surface area (Å²) in [4.78, 5) is 15.3. The van der Waals surface area contributed by atoms with E-state index in [-0.39, 0.29) is 17.8 Å². The summed E-state index contributed by atoms with van der Waals surface area (Å²) in [5.74, 6) is -0.357. The summed E-state index contributed by atoms with van der Waals surface area (Å²) in [7, 11) is 1.62. The third kappa shape index (κ3) is 4.27. The van der Waals surface area contributed by atoms with Crippen molar-refractivity contribution >= 4 is 11.6 Å². The molecule has 1 atom stereocenters. The molecule has 1 aromatic carbocycles. The Labute approximate surface area is 123 Å². The van der Waals surface area contributed by atoms with Crippen LogP contribution in [0.15, 0.2) is 42.6 Å². The number of likely N-dealkylation sites (N-methyl/N-ethyl adjacent to an activating group) is 1. The van der Waals surface area contributed by atoms with Gasteiger partial charge in [0.05, 0.1) is 24.4 Å². The molecule has 21 heavy (non-hydrogen) atoms. The maximum atomic E-state index is 12.8. The number of nitrogens with one attached hydrogen (secondary N) is 2. The molecule has 0 saturated carbocycles. The SMILES string of the molecule is CNC(=O)Cc1ccc(NC(C)c2ccc(F)cn2)cc1. The van der Waals surface area contributed by atoms with Crippen LogP contribution < -0.4 is 10.6 Å². The normalized spacial score (nSPS) is 11.8. The Morgan fingerprint density at radius 3 is 2.52 bits per heavy atom. The Bertz CT molecular complexity index is 596. The summed E-state index contributed by atoms with van der Waals surface area (Å²) in [5, 5.41) is 5.88. The first-order valence-corrected chi connectivity index (χ1v) is 6.76. The predicted molar refractivity (Wildman–Crippen MR) is 80.4 cm³/mol. The van der Waals surface area contributed by atoms with Crippen molar-refractivity contribution < 1.29 is 9.18 Å². The number of carbonyl (C=O) groups excluding carboxylic acids is 1. The Morgan fingerprint density at radius 2 is 1.95 bits per heavy atom. The number of halogens is 1. The molecule has 4 nitrogen and oxygen atoms in total. The van der Waals surface area contributed by atoms with Crippen LogP contribution in [-0.2, 0) is 11.2 Å². The number of benzene rings is 1. The highest BCUT2D eigenvalue weighted by atomic mass is 19.1. The van der Waals surface area contributed by atoms with Crippen molar-refractivity contribution in [2.75, 3.05) is 12.4 Å². The second-order valence-electron chi connectivity index (χ2n) is 4.81. The van der Waals surface area contributed by atoms with Crippen molar-refractivity contribution in [1.29, 1.82) is 0 Å². The van der Waals surface area contributed by atoms with Crippen LogP contribution in [0.1, 0.15) is 24.2 Å². The lowest BCUT2D eigenvalue weighted by molar-refractivity contribution is -0.119. The number of amides is 1. The Hall–Kier alpha value is -2.43. The van der Waals surface area contributed by atoms with Gasteiger partial charge in [-0.1, -0.05) is 12.1 Å². The standard InChI is InChI=1S/C16H18FN3O/c1-11(15-8-5-13(17)10-19-15)20-14-6-3-12(4-7-14)9-16(21)18-2/h3-8,10-11,20H,9H2,1-2H3,(H,18,21). The topological polar surface area (TPSA) is 54.0 Å². The van der Waals surface area contributed by atoms with Crippen LogP contribution >= 0.6 is 0 Å². The van der Waals surface area contributed by atoms with Gasteiger partial charge in [0.15, 0.2) is 0 Å². The summed E-state index contributed by atoms with van der Waals surface area (Å²) >= 11 is 0. The van der Waals surface area contributed by atoms with Crippen molar-refractivity contribution in [3.8, 4) is 0 Å². The average molecular weight is 287 g/mol. The van der Waals surface area contributed by atoms with Gasteiger partial charge >= 0.3 is 0 Å². The molecule has 2 aromatic rings. The molecule has 1 amide bonds. The minimum atomic E-state index is -0.343. The molecule has 2 N–H and O–H groups in total. The number of carbonyl (C=O) groups is 1. The van der Waals surface area contributed by atoms with E-state index in [9.17, 15) is 9.18 Å². The smallest absolute Gasteiger partial charge is 0.224 e. The zero-order valence-corrected chi connectivity index (χ0v) is 12.1. The fourth-order valence-electron chi connectivity index (χ4n) is 1.96. The zero-order chi connectivity index (χ0) is 15.2.